The van der Waals surface area contributed by atoms with Crippen LogP contribution in [0.5, 0.6) is 11.5 Å². The molecular weight excluding hydrogens is 250 g/mol. The van der Waals surface area contributed by atoms with Gasteiger partial charge < -0.3 is 14.8 Å². The molecule has 1 unspecified atom stereocenters. The SMILES string of the molecule is CCNC(c1ccccc1)c1cccc(OC)c1OC. The number of hydrogen-bond donors (Lipinski definition) is 1. The van der Waals surface area contributed by atoms with Gasteiger partial charge in [0.2, 0.25) is 0 Å². The van der Waals surface area contributed by atoms with Crippen LogP contribution in [0.4, 0.5) is 0 Å². The normalized spacial score (nSPS) is 11.9. The first-order valence-electron chi connectivity index (χ1n) is 6.81. The molecule has 0 aliphatic heterocycles. The third-order valence-electron chi connectivity index (χ3n) is 3.29. The van der Waals surface area contributed by atoms with Crippen LogP contribution >= 0.6 is 0 Å². The zero-order chi connectivity index (χ0) is 14.4. The first-order chi connectivity index (χ1) is 9.81. The Hall–Kier alpha value is -2.00. The maximum atomic E-state index is 5.55. The number of ether oxygens (including phenoxy) is 2. The molecule has 0 aliphatic rings. The molecule has 0 saturated heterocycles. The van der Waals surface area contributed by atoms with Gasteiger partial charge in [0.15, 0.2) is 11.5 Å². The van der Waals surface area contributed by atoms with Crippen LogP contribution in [0.2, 0.25) is 0 Å². The van der Waals surface area contributed by atoms with Crippen molar-refractivity contribution in [3.63, 3.8) is 0 Å². The van der Waals surface area contributed by atoms with Gasteiger partial charge in [0, 0.05) is 5.56 Å². The molecule has 0 amide bonds. The Bertz CT molecular complexity index is 540. The van der Waals surface area contributed by atoms with Crippen LogP contribution in [0, 0.1) is 0 Å². The van der Waals surface area contributed by atoms with E-state index in [2.05, 4.69) is 30.4 Å². The summed E-state index contributed by atoms with van der Waals surface area (Å²) >= 11 is 0. The van der Waals surface area contributed by atoms with E-state index < -0.39 is 0 Å². The minimum Gasteiger partial charge on any atom is -0.493 e. The van der Waals surface area contributed by atoms with Gasteiger partial charge in [0.1, 0.15) is 0 Å². The molecule has 0 fully saturated rings. The fourth-order valence-corrected chi connectivity index (χ4v) is 2.40. The molecule has 0 radical (unpaired) electrons. The van der Waals surface area contributed by atoms with E-state index in [1.165, 1.54) is 5.56 Å². The lowest BCUT2D eigenvalue weighted by Gasteiger charge is -2.22. The standard InChI is InChI=1S/C17H21NO2/c1-4-18-16(13-9-6-5-7-10-13)14-11-8-12-15(19-2)17(14)20-3/h5-12,16,18H,4H2,1-3H3. The smallest absolute Gasteiger partial charge is 0.165 e. The average molecular weight is 271 g/mol. The summed E-state index contributed by atoms with van der Waals surface area (Å²) in [5.74, 6) is 1.54. The average Bonchev–Trinajstić information content (AvgIpc) is 2.52. The van der Waals surface area contributed by atoms with Gasteiger partial charge >= 0.3 is 0 Å². The van der Waals surface area contributed by atoms with Gasteiger partial charge in [-0.3, -0.25) is 0 Å². The zero-order valence-corrected chi connectivity index (χ0v) is 12.2. The van der Waals surface area contributed by atoms with E-state index >= 15 is 0 Å². The summed E-state index contributed by atoms with van der Waals surface area (Å²) in [5, 5.41) is 3.51. The zero-order valence-electron chi connectivity index (χ0n) is 12.2. The van der Waals surface area contributed by atoms with E-state index in [1.807, 2.05) is 30.3 Å². The van der Waals surface area contributed by atoms with Crippen LogP contribution in [-0.2, 0) is 0 Å². The highest BCUT2D eigenvalue weighted by Gasteiger charge is 2.19. The molecule has 1 N–H and O–H groups in total. The second-order valence-corrected chi connectivity index (χ2v) is 4.48. The summed E-state index contributed by atoms with van der Waals surface area (Å²) < 4.78 is 10.9. The summed E-state index contributed by atoms with van der Waals surface area (Å²) in [6.07, 6.45) is 0. The molecule has 0 aromatic heterocycles. The first-order valence-corrected chi connectivity index (χ1v) is 6.81. The molecule has 106 valence electrons. The highest BCUT2D eigenvalue weighted by Crippen LogP contribution is 2.36. The largest absolute Gasteiger partial charge is 0.493 e. The van der Waals surface area contributed by atoms with Crippen molar-refractivity contribution in [3.8, 4) is 11.5 Å². The van der Waals surface area contributed by atoms with E-state index in [1.54, 1.807) is 14.2 Å². The Morgan fingerprint density at radius 1 is 0.950 bits per heavy atom. The second kappa shape index (κ2) is 6.96. The lowest BCUT2D eigenvalue weighted by atomic mass is 9.97. The van der Waals surface area contributed by atoms with Gasteiger partial charge in [-0.05, 0) is 18.2 Å². The van der Waals surface area contributed by atoms with Crippen molar-refractivity contribution in [2.24, 2.45) is 0 Å². The molecular formula is C17H21NO2. The number of methoxy groups -OCH3 is 2. The molecule has 0 heterocycles. The summed E-state index contributed by atoms with van der Waals surface area (Å²) in [6.45, 7) is 2.97. The van der Waals surface area contributed by atoms with Crippen LogP contribution in [0.15, 0.2) is 48.5 Å². The first kappa shape index (κ1) is 14.4. The molecule has 2 rings (SSSR count). The van der Waals surface area contributed by atoms with Crippen molar-refractivity contribution in [1.29, 1.82) is 0 Å². The van der Waals surface area contributed by atoms with Crippen molar-refractivity contribution in [2.45, 2.75) is 13.0 Å². The van der Waals surface area contributed by atoms with Crippen molar-refractivity contribution >= 4 is 0 Å². The van der Waals surface area contributed by atoms with Gasteiger partial charge in [-0.25, -0.2) is 0 Å². The molecule has 3 nitrogen and oxygen atoms in total. The Morgan fingerprint density at radius 3 is 2.30 bits per heavy atom. The number of hydrogen-bond acceptors (Lipinski definition) is 3. The molecule has 0 saturated carbocycles. The maximum Gasteiger partial charge on any atom is 0.165 e. The van der Waals surface area contributed by atoms with E-state index in [0.29, 0.717) is 0 Å². The topological polar surface area (TPSA) is 30.5 Å². The van der Waals surface area contributed by atoms with Crippen LogP contribution < -0.4 is 14.8 Å². The minimum atomic E-state index is 0.0891. The molecule has 0 aliphatic carbocycles. The maximum absolute atomic E-state index is 5.55. The molecule has 0 bridgehead atoms. The van der Waals surface area contributed by atoms with Crippen molar-refractivity contribution < 1.29 is 9.47 Å². The highest BCUT2D eigenvalue weighted by atomic mass is 16.5. The van der Waals surface area contributed by atoms with Crippen LogP contribution in [0.25, 0.3) is 0 Å². The van der Waals surface area contributed by atoms with Gasteiger partial charge in [0.25, 0.3) is 0 Å². The molecule has 3 heteroatoms. The minimum absolute atomic E-state index is 0.0891. The molecule has 2 aromatic rings. The fourth-order valence-electron chi connectivity index (χ4n) is 2.40. The number of nitrogens with one attached hydrogen (secondary N) is 1. The van der Waals surface area contributed by atoms with E-state index in [0.717, 1.165) is 23.6 Å². The summed E-state index contributed by atoms with van der Waals surface area (Å²) in [7, 11) is 3.34. The summed E-state index contributed by atoms with van der Waals surface area (Å²) in [4.78, 5) is 0. The predicted octanol–water partition coefficient (Wildman–Crippen LogP) is 3.40. The Labute approximate surface area is 120 Å². The van der Waals surface area contributed by atoms with E-state index in [9.17, 15) is 0 Å². The third-order valence-corrected chi connectivity index (χ3v) is 3.29. The van der Waals surface area contributed by atoms with E-state index in [4.69, 9.17) is 9.47 Å². The monoisotopic (exact) mass is 271 g/mol. The van der Waals surface area contributed by atoms with Gasteiger partial charge in [-0.2, -0.15) is 0 Å². The number of rotatable bonds is 6. The van der Waals surface area contributed by atoms with Crippen molar-refractivity contribution in [1.82, 2.24) is 5.32 Å². The van der Waals surface area contributed by atoms with E-state index in [-0.39, 0.29) is 6.04 Å². The highest BCUT2D eigenvalue weighted by molar-refractivity contribution is 5.50. The third kappa shape index (κ3) is 2.94. The summed E-state index contributed by atoms with van der Waals surface area (Å²) in [6, 6.07) is 16.4. The fraction of sp³-hybridized carbons (Fsp3) is 0.294. The molecule has 1 atom stereocenters. The molecule has 20 heavy (non-hydrogen) atoms. The van der Waals surface area contributed by atoms with Crippen LogP contribution in [-0.4, -0.2) is 20.8 Å². The van der Waals surface area contributed by atoms with Crippen LogP contribution in [0.3, 0.4) is 0 Å². The van der Waals surface area contributed by atoms with Crippen molar-refractivity contribution in [2.75, 3.05) is 20.8 Å². The second-order valence-electron chi connectivity index (χ2n) is 4.48. The Balaban J connectivity index is 2.49. The summed E-state index contributed by atoms with van der Waals surface area (Å²) in [5.41, 5.74) is 2.29. The number of benzene rings is 2. The molecule has 2 aromatic carbocycles. The Morgan fingerprint density at radius 2 is 1.70 bits per heavy atom. The lowest BCUT2D eigenvalue weighted by molar-refractivity contribution is 0.349. The predicted molar refractivity (Wildman–Crippen MR) is 81.5 cm³/mol. The van der Waals surface area contributed by atoms with Gasteiger partial charge in [-0.1, -0.05) is 49.4 Å². The quantitative estimate of drug-likeness (QED) is 0.873. The van der Waals surface area contributed by atoms with Crippen molar-refractivity contribution in [3.05, 3.63) is 59.7 Å². The van der Waals surface area contributed by atoms with Gasteiger partial charge in [-0.15, -0.1) is 0 Å². The molecule has 0 spiro atoms. The Kier molecular flexibility index (Phi) is 5.02. The lowest BCUT2D eigenvalue weighted by Crippen LogP contribution is -2.22. The van der Waals surface area contributed by atoms with Crippen LogP contribution in [0.1, 0.15) is 24.1 Å². The van der Waals surface area contributed by atoms with Gasteiger partial charge in [0.05, 0.1) is 20.3 Å². The number of para-hydroxylation sites is 1.